The number of aromatic hydroxyl groups is 1. The standard InChI is InChI=1S/C15H15FN2O2/c1-2-18(11-6-5-7-12(19)10-11)15(20)17-14-9-4-3-8-13(14)16/h3-10,19H,2H2,1H3,(H,17,20). The molecule has 20 heavy (non-hydrogen) atoms. The molecule has 0 aliphatic carbocycles. The second-order valence-corrected chi connectivity index (χ2v) is 4.17. The molecule has 2 rings (SSSR count). The molecule has 2 aromatic rings. The molecule has 0 saturated heterocycles. The van der Waals surface area contributed by atoms with Crippen LogP contribution in [-0.2, 0) is 0 Å². The van der Waals surface area contributed by atoms with Crippen LogP contribution < -0.4 is 10.2 Å². The van der Waals surface area contributed by atoms with E-state index in [1.54, 1.807) is 31.2 Å². The number of benzene rings is 2. The van der Waals surface area contributed by atoms with Crippen molar-refractivity contribution in [1.29, 1.82) is 0 Å². The van der Waals surface area contributed by atoms with E-state index in [1.165, 1.54) is 29.2 Å². The van der Waals surface area contributed by atoms with E-state index in [-0.39, 0.29) is 11.4 Å². The van der Waals surface area contributed by atoms with Crippen molar-refractivity contribution in [2.45, 2.75) is 6.92 Å². The van der Waals surface area contributed by atoms with Gasteiger partial charge in [-0.2, -0.15) is 0 Å². The van der Waals surface area contributed by atoms with Crippen molar-refractivity contribution in [2.75, 3.05) is 16.8 Å². The van der Waals surface area contributed by atoms with Crippen LogP contribution in [0.3, 0.4) is 0 Å². The van der Waals surface area contributed by atoms with Crippen LogP contribution in [0, 0.1) is 5.82 Å². The van der Waals surface area contributed by atoms with Gasteiger partial charge in [-0.05, 0) is 31.2 Å². The van der Waals surface area contributed by atoms with Gasteiger partial charge in [0.25, 0.3) is 0 Å². The summed E-state index contributed by atoms with van der Waals surface area (Å²) in [5.41, 5.74) is 0.664. The number of hydrogen-bond donors (Lipinski definition) is 2. The Morgan fingerprint density at radius 2 is 2.00 bits per heavy atom. The predicted octanol–water partition coefficient (Wildman–Crippen LogP) is 3.59. The summed E-state index contributed by atoms with van der Waals surface area (Å²) in [7, 11) is 0. The predicted molar refractivity (Wildman–Crippen MR) is 76.5 cm³/mol. The van der Waals surface area contributed by atoms with Crippen molar-refractivity contribution in [2.24, 2.45) is 0 Å². The number of halogens is 1. The lowest BCUT2D eigenvalue weighted by molar-refractivity contribution is 0.257. The van der Waals surface area contributed by atoms with Crippen LogP contribution in [0.2, 0.25) is 0 Å². The molecule has 0 heterocycles. The Kier molecular flexibility index (Phi) is 4.20. The van der Waals surface area contributed by atoms with Gasteiger partial charge in [0.1, 0.15) is 11.6 Å². The monoisotopic (exact) mass is 274 g/mol. The molecule has 2 N–H and O–H groups in total. The minimum absolute atomic E-state index is 0.0691. The molecular weight excluding hydrogens is 259 g/mol. The van der Waals surface area contributed by atoms with Gasteiger partial charge < -0.3 is 10.4 Å². The average Bonchev–Trinajstić information content (AvgIpc) is 2.42. The van der Waals surface area contributed by atoms with E-state index in [2.05, 4.69) is 5.32 Å². The smallest absolute Gasteiger partial charge is 0.326 e. The van der Waals surface area contributed by atoms with Crippen LogP contribution in [0.5, 0.6) is 5.75 Å². The van der Waals surface area contributed by atoms with Gasteiger partial charge in [-0.3, -0.25) is 4.90 Å². The van der Waals surface area contributed by atoms with E-state index in [0.717, 1.165) is 0 Å². The fourth-order valence-corrected chi connectivity index (χ4v) is 1.85. The maximum Gasteiger partial charge on any atom is 0.326 e. The van der Waals surface area contributed by atoms with Gasteiger partial charge >= 0.3 is 6.03 Å². The number of rotatable bonds is 3. The second-order valence-electron chi connectivity index (χ2n) is 4.17. The largest absolute Gasteiger partial charge is 0.508 e. The number of anilines is 2. The topological polar surface area (TPSA) is 52.6 Å². The van der Waals surface area contributed by atoms with Gasteiger partial charge in [-0.25, -0.2) is 9.18 Å². The Morgan fingerprint density at radius 1 is 1.25 bits per heavy atom. The van der Waals surface area contributed by atoms with Crippen molar-refractivity contribution in [1.82, 2.24) is 0 Å². The molecule has 2 aromatic carbocycles. The molecule has 4 nitrogen and oxygen atoms in total. The molecule has 0 bridgehead atoms. The number of carbonyl (C=O) groups excluding carboxylic acids is 1. The Balaban J connectivity index is 2.20. The van der Waals surface area contributed by atoms with Gasteiger partial charge in [0.15, 0.2) is 0 Å². The first kappa shape index (κ1) is 13.9. The summed E-state index contributed by atoms with van der Waals surface area (Å²) in [6.45, 7) is 2.19. The highest BCUT2D eigenvalue weighted by Crippen LogP contribution is 2.21. The summed E-state index contributed by atoms with van der Waals surface area (Å²) in [5.74, 6) is -0.424. The lowest BCUT2D eigenvalue weighted by Gasteiger charge is -2.21. The zero-order valence-electron chi connectivity index (χ0n) is 11.0. The van der Waals surface area contributed by atoms with Crippen LogP contribution in [0.25, 0.3) is 0 Å². The molecule has 0 spiro atoms. The van der Waals surface area contributed by atoms with E-state index in [0.29, 0.717) is 12.2 Å². The van der Waals surface area contributed by atoms with Crippen LogP contribution >= 0.6 is 0 Å². The average molecular weight is 274 g/mol. The van der Waals surface area contributed by atoms with E-state index in [9.17, 15) is 14.3 Å². The maximum atomic E-state index is 13.5. The molecule has 5 heteroatoms. The van der Waals surface area contributed by atoms with Crippen molar-refractivity contribution in [3.8, 4) is 5.75 Å². The third kappa shape index (κ3) is 3.06. The number of phenols is 1. The number of para-hydroxylation sites is 1. The van der Waals surface area contributed by atoms with Crippen LogP contribution in [0.1, 0.15) is 6.92 Å². The first-order valence-electron chi connectivity index (χ1n) is 6.24. The molecule has 0 aliphatic heterocycles. The third-order valence-electron chi connectivity index (χ3n) is 2.82. The van der Waals surface area contributed by atoms with Crippen LogP contribution in [-0.4, -0.2) is 17.7 Å². The number of urea groups is 1. The highest BCUT2D eigenvalue weighted by molar-refractivity contribution is 6.01. The summed E-state index contributed by atoms with van der Waals surface area (Å²) in [6, 6.07) is 11.8. The maximum absolute atomic E-state index is 13.5. The Labute approximate surface area is 116 Å². The van der Waals surface area contributed by atoms with Crippen LogP contribution in [0.4, 0.5) is 20.6 Å². The number of amides is 2. The molecule has 2 amide bonds. The van der Waals surface area contributed by atoms with Crippen molar-refractivity contribution in [3.63, 3.8) is 0 Å². The number of hydrogen-bond acceptors (Lipinski definition) is 2. The van der Waals surface area contributed by atoms with Gasteiger partial charge in [0.05, 0.1) is 5.69 Å². The normalized spacial score (nSPS) is 10.1. The number of carbonyl (C=O) groups is 1. The van der Waals surface area contributed by atoms with Crippen LogP contribution in [0.15, 0.2) is 48.5 Å². The molecule has 0 atom stereocenters. The van der Waals surface area contributed by atoms with E-state index in [1.807, 2.05) is 0 Å². The quantitative estimate of drug-likeness (QED) is 0.898. The second kappa shape index (κ2) is 6.06. The Morgan fingerprint density at radius 3 is 2.65 bits per heavy atom. The Bertz CT molecular complexity index is 616. The summed E-state index contributed by atoms with van der Waals surface area (Å²) in [4.78, 5) is 13.6. The lowest BCUT2D eigenvalue weighted by Crippen LogP contribution is -2.34. The minimum atomic E-state index is -0.493. The third-order valence-corrected chi connectivity index (χ3v) is 2.82. The van der Waals surface area contributed by atoms with Gasteiger partial charge in [-0.1, -0.05) is 18.2 Å². The summed E-state index contributed by atoms with van der Waals surface area (Å²) < 4.78 is 13.5. The van der Waals surface area contributed by atoms with E-state index < -0.39 is 11.8 Å². The first-order valence-corrected chi connectivity index (χ1v) is 6.24. The molecule has 0 aliphatic rings. The lowest BCUT2D eigenvalue weighted by atomic mass is 10.2. The van der Waals surface area contributed by atoms with Crippen molar-refractivity contribution >= 4 is 17.4 Å². The molecule has 0 saturated carbocycles. The molecule has 0 fully saturated rings. The molecule has 104 valence electrons. The molecule has 0 unspecified atom stereocenters. The molecule has 0 radical (unpaired) electrons. The Hall–Kier alpha value is -2.56. The van der Waals surface area contributed by atoms with E-state index >= 15 is 0 Å². The van der Waals surface area contributed by atoms with Crippen molar-refractivity contribution < 1.29 is 14.3 Å². The zero-order valence-corrected chi connectivity index (χ0v) is 11.0. The minimum Gasteiger partial charge on any atom is -0.508 e. The molecular formula is C15H15FN2O2. The zero-order chi connectivity index (χ0) is 14.5. The van der Waals surface area contributed by atoms with E-state index in [4.69, 9.17) is 0 Å². The summed E-state index contributed by atoms with van der Waals surface area (Å²) in [5, 5.41) is 12.0. The van der Waals surface area contributed by atoms with Crippen molar-refractivity contribution in [3.05, 3.63) is 54.3 Å². The number of phenolic OH excluding ortho intramolecular Hbond substituents is 1. The first-order chi connectivity index (χ1) is 9.61. The van der Waals surface area contributed by atoms with Gasteiger partial charge in [-0.15, -0.1) is 0 Å². The fourth-order valence-electron chi connectivity index (χ4n) is 1.85. The number of nitrogens with one attached hydrogen (secondary N) is 1. The fraction of sp³-hybridized carbons (Fsp3) is 0.133. The SMILES string of the molecule is CCN(C(=O)Nc1ccccc1F)c1cccc(O)c1. The number of nitrogens with zero attached hydrogens (tertiary/aromatic N) is 1. The highest BCUT2D eigenvalue weighted by atomic mass is 19.1. The highest BCUT2D eigenvalue weighted by Gasteiger charge is 2.15. The molecule has 0 aromatic heterocycles. The summed E-state index contributed by atoms with van der Waals surface area (Å²) >= 11 is 0. The summed E-state index contributed by atoms with van der Waals surface area (Å²) in [6.07, 6.45) is 0. The van der Waals surface area contributed by atoms with Gasteiger partial charge in [0.2, 0.25) is 0 Å². The van der Waals surface area contributed by atoms with Gasteiger partial charge in [0, 0.05) is 18.3 Å².